The van der Waals surface area contributed by atoms with E-state index in [1.54, 1.807) is 43.3 Å². The first kappa shape index (κ1) is 19.8. The molecule has 0 aliphatic heterocycles. The molecule has 2 amide bonds. The zero-order valence-corrected chi connectivity index (χ0v) is 15.7. The van der Waals surface area contributed by atoms with Gasteiger partial charge in [0.1, 0.15) is 5.75 Å². The molecule has 0 radical (unpaired) electrons. The number of anilines is 1. The van der Waals surface area contributed by atoms with E-state index in [2.05, 4.69) is 15.8 Å². The van der Waals surface area contributed by atoms with Crippen molar-refractivity contribution in [3.8, 4) is 5.75 Å². The van der Waals surface area contributed by atoms with Crippen molar-refractivity contribution < 1.29 is 14.3 Å². The van der Waals surface area contributed by atoms with E-state index in [0.29, 0.717) is 27.2 Å². The second-order valence-electron chi connectivity index (χ2n) is 5.35. The number of carbonyl (C=O) groups is 2. The van der Waals surface area contributed by atoms with Gasteiger partial charge in [0.05, 0.1) is 10.7 Å². The Bertz CT molecular complexity index is 836. The molecule has 0 saturated carbocycles. The van der Waals surface area contributed by atoms with Crippen LogP contribution in [0, 0.1) is 0 Å². The molecule has 0 fully saturated rings. The average molecular weight is 394 g/mol. The largest absolute Gasteiger partial charge is 0.482 e. The van der Waals surface area contributed by atoms with Crippen molar-refractivity contribution in [2.24, 2.45) is 5.10 Å². The number of amides is 2. The number of carbonyl (C=O) groups excluding carboxylic acids is 2. The van der Waals surface area contributed by atoms with Gasteiger partial charge in [-0.3, -0.25) is 9.59 Å². The summed E-state index contributed by atoms with van der Waals surface area (Å²) in [7, 11) is 0. The molecule has 0 atom stereocenters. The van der Waals surface area contributed by atoms with Gasteiger partial charge in [0.25, 0.3) is 5.91 Å². The van der Waals surface area contributed by atoms with E-state index >= 15 is 0 Å². The SMILES string of the molecule is CC(=O)Nc1ccc(C(C)=NNC(=O)COc2cc(Cl)ccc2Cl)cc1. The third-order valence-electron chi connectivity index (χ3n) is 3.22. The summed E-state index contributed by atoms with van der Waals surface area (Å²) in [5, 5.41) is 7.53. The highest BCUT2D eigenvalue weighted by Crippen LogP contribution is 2.27. The zero-order chi connectivity index (χ0) is 19.1. The van der Waals surface area contributed by atoms with Crippen molar-refractivity contribution in [3.05, 3.63) is 58.1 Å². The Balaban J connectivity index is 1.90. The standard InChI is InChI=1S/C18H17Cl2N3O3/c1-11(13-3-6-15(7-4-13)21-12(2)24)22-23-18(25)10-26-17-9-14(19)5-8-16(17)20/h3-9H,10H2,1-2H3,(H,21,24)(H,23,25). The first-order valence-electron chi connectivity index (χ1n) is 7.64. The minimum absolute atomic E-state index is 0.143. The first-order valence-corrected chi connectivity index (χ1v) is 8.40. The molecule has 0 saturated heterocycles. The highest BCUT2D eigenvalue weighted by Gasteiger charge is 2.07. The van der Waals surface area contributed by atoms with Crippen LogP contribution in [-0.2, 0) is 9.59 Å². The van der Waals surface area contributed by atoms with E-state index < -0.39 is 5.91 Å². The summed E-state index contributed by atoms with van der Waals surface area (Å²) in [6, 6.07) is 11.8. The highest BCUT2D eigenvalue weighted by molar-refractivity contribution is 6.34. The van der Waals surface area contributed by atoms with Crippen LogP contribution < -0.4 is 15.5 Å². The van der Waals surface area contributed by atoms with Crippen LogP contribution in [0.3, 0.4) is 0 Å². The molecule has 8 heteroatoms. The van der Waals surface area contributed by atoms with Gasteiger partial charge in [-0.25, -0.2) is 5.43 Å². The molecule has 0 aromatic heterocycles. The number of rotatable bonds is 6. The quantitative estimate of drug-likeness (QED) is 0.577. The van der Waals surface area contributed by atoms with E-state index in [-0.39, 0.29) is 12.5 Å². The summed E-state index contributed by atoms with van der Waals surface area (Å²) in [5.41, 5.74) is 4.50. The molecule has 26 heavy (non-hydrogen) atoms. The highest BCUT2D eigenvalue weighted by atomic mass is 35.5. The molecule has 2 aromatic rings. The molecule has 0 spiro atoms. The lowest BCUT2D eigenvalue weighted by Gasteiger charge is -2.08. The summed E-state index contributed by atoms with van der Waals surface area (Å²) < 4.78 is 5.33. The van der Waals surface area contributed by atoms with Gasteiger partial charge in [-0.2, -0.15) is 5.10 Å². The van der Waals surface area contributed by atoms with Crippen LogP contribution in [0.4, 0.5) is 5.69 Å². The van der Waals surface area contributed by atoms with Crippen LogP contribution in [0.25, 0.3) is 0 Å². The smallest absolute Gasteiger partial charge is 0.277 e. The van der Waals surface area contributed by atoms with E-state index in [1.165, 1.54) is 13.0 Å². The lowest BCUT2D eigenvalue weighted by atomic mass is 10.1. The van der Waals surface area contributed by atoms with Crippen molar-refractivity contribution in [2.75, 3.05) is 11.9 Å². The van der Waals surface area contributed by atoms with Gasteiger partial charge in [-0.05, 0) is 36.8 Å². The number of nitrogens with one attached hydrogen (secondary N) is 2. The number of nitrogens with zero attached hydrogens (tertiary/aromatic N) is 1. The van der Waals surface area contributed by atoms with Crippen LogP contribution in [0.5, 0.6) is 5.75 Å². The van der Waals surface area contributed by atoms with Gasteiger partial charge < -0.3 is 10.1 Å². The molecule has 0 aliphatic rings. The predicted octanol–water partition coefficient (Wildman–Crippen LogP) is 3.87. The Labute approximate surface area is 161 Å². The van der Waals surface area contributed by atoms with Gasteiger partial charge in [-0.15, -0.1) is 0 Å². The molecule has 0 unspecified atom stereocenters. The Morgan fingerprint density at radius 1 is 1.08 bits per heavy atom. The maximum atomic E-state index is 11.9. The molecule has 136 valence electrons. The molecular formula is C18H17Cl2N3O3. The molecule has 2 rings (SSSR count). The molecule has 6 nitrogen and oxygen atoms in total. The summed E-state index contributed by atoms with van der Waals surface area (Å²) in [4.78, 5) is 22.9. The van der Waals surface area contributed by atoms with E-state index in [0.717, 1.165) is 5.56 Å². The van der Waals surface area contributed by atoms with Gasteiger partial charge in [0, 0.05) is 23.7 Å². The number of ether oxygens (including phenoxy) is 1. The summed E-state index contributed by atoms with van der Waals surface area (Å²) in [6.07, 6.45) is 0. The number of benzene rings is 2. The van der Waals surface area contributed by atoms with Crippen LogP contribution in [0.15, 0.2) is 47.6 Å². The Hall–Kier alpha value is -2.57. The normalized spacial score (nSPS) is 11.0. The fourth-order valence-corrected chi connectivity index (χ4v) is 2.31. The first-order chi connectivity index (χ1) is 12.3. The van der Waals surface area contributed by atoms with Crippen LogP contribution in [0.1, 0.15) is 19.4 Å². The van der Waals surface area contributed by atoms with Crippen molar-refractivity contribution in [1.29, 1.82) is 0 Å². The zero-order valence-electron chi connectivity index (χ0n) is 14.2. The summed E-state index contributed by atoms with van der Waals surface area (Å²) >= 11 is 11.8. The van der Waals surface area contributed by atoms with Crippen LogP contribution in [0.2, 0.25) is 10.0 Å². The predicted molar refractivity (Wildman–Crippen MR) is 103 cm³/mol. The second-order valence-corrected chi connectivity index (χ2v) is 6.20. The molecular weight excluding hydrogens is 377 g/mol. The molecule has 0 heterocycles. The summed E-state index contributed by atoms with van der Waals surface area (Å²) in [6.45, 7) is 2.94. The number of halogens is 2. The number of hydrogen-bond donors (Lipinski definition) is 2. The van der Waals surface area contributed by atoms with Crippen LogP contribution in [-0.4, -0.2) is 24.1 Å². The second kappa shape index (κ2) is 9.22. The molecule has 2 N–H and O–H groups in total. The third kappa shape index (κ3) is 6.06. The van der Waals surface area contributed by atoms with E-state index in [9.17, 15) is 9.59 Å². The van der Waals surface area contributed by atoms with E-state index in [4.69, 9.17) is 27.9 Å². The number of hydrazone groups is 1. The molecule has 0 bridgehead atoms. The van der Waals surface area contributed by atoms with Gasteiger partial charge >= 0.3 is 0 Å². The monoisotopic (exact) mass is 393 g/mol. The Morgan fingerprint density at radius 3 is 2.42 bits per heavy atom. The maximum absolute atomic E-state index is 11.9. The fraction of sp³-hybridized carbons (Fsp3) is 0.167. The van der Waals surface area contributed by atoms with Crippen molar-refractivity contribution >= 4 is 46.4 Å². The minimum Gasteiger partial charge on any atom is -0.482 e. The minimum atomic E-state index is -0.435. The van der Waals surface area contributed by atoms with Gasteiger partial charge in [0.15, 0.2) is 6.61 Å². The van der Waals surface area contributed by atoms with Crippen molar-refractivity contribution in [1.82, 2.24) is 5.43 Å². The van der Waals surface area contributed by atoms with Gasteiger partial charge in [-0.1, -0.05) is 35.3 Å². The Morgan fingerprint density at radius 2 is 1.77 bits per heavy atom. The lowest BCUT2D eigenvalue weighted by Crippen LogP contribution is -2.25. The molecule has 0 aliphatic carbocycles. The Kier molecular flexibility index (Phi) is 7.00. The fourth-order valence-electron chi connectivity index (χ4n) is 1.97. The van der Waals surface area contributed by atoms with Crippen LogP contribution >= 0.6 is 23.2 Å². The topological polar surface area (TPSA) is 79.8 Å². The lowest BCUT2D eigenvalue weighted by molar-refractivity contribution is -0.123. The van der Waals surface area contributed by atoms with E-state index in [1.807, 2.05) is 0 Å². The average Bonchev–Trinajstić information content (AvgIpc) is 2.60. The number of hydrogen-bond acceptors (Lipinski definition) is 4. The molecule has 2 aromatic carbocycles. The maximum Gasteiger partial charge on any atom is 0.277 e. The summed E-state index contributed by atoms with van der Waals surface area (Å²) in [5.74, 6) is -0.256. The van der Waals surface area contributed by atoms with Gasteiger partial charge in [0.2, 0.25) is 5.91 Å². The van der Waals surface area contributed by atoms with Crippen molar-refractivity contribution in [3.63, 3.8) is 0 Å². The third-order valence-corrected chi connectivity index (χ3v) is 3.77. The van der Waals surface area contributed by atoms with Crippen molar-refractivity contribution in [2.45, 2.75) is 13.8 Å².